The van der Waals surface area contributed by atoms with Crippen molar-refractivity contribution in [3.05, 3.63) is 40.9 Å². The molecule has 0 spiro atoms. The molecule has 1 N–H and O–H groups in total. The first-order valence-electron chi connectivity index (χ1n) is 10.6. The lowest BCUT2D eigenvalue weighted by molar-refractivity contribution is 0.0944. The van der Waals surface area contributed by atoms with Gasteiger partial charge in [-0.2, -0.15) is 0 Å². The Balaban J connectivity index is 1.30. The van der Waals surface area contributed by atoms with Gasteiger partial charge in [0.2, 0.25) is 0 Å². The average Bonchev–Trinajstić information content (AvgIpc) is 3.28. The second kappa shape index (κ2) is 10.5. The number of hydrogen-bond donors (Lipinski definition) is 1. The van der Waals surface area contributed by atoms with Crippen LogP contribution in [0.15, 0.2) is 30.3 Å². The van der Waals surface area contributed by atoms with E-state index in [1.807, 2.05) is 12.1 Å². The van der Waals surface area contributed by atoms with Crippen LogP contribution in [0.25, 0.3) is 10.2 Å². The van der Waals surface area contributed by atoms with Crippen molar-refractivity contribution >= 4 is 44.2 Å². The van der Waals surface area contributed by atoms with Crippen molar-refractivity contribution in [3.63, 3.8) is 0 Å². The molecule has 3 aromatic rings. The summed E-state index contributed by atoms with van der Waals surface area (Å²) in [5, 5.41) is 4.53. The third kappa shape index (κ3) is 4.95. The van der Waals surface area contributed by atoms with Crippen molar-refractivity contribution < 1.29 is 19.0 Å². The number of nitrogens with one attached hydrogen (secondary N) is 1. The number of thiazole rings is 1. The van der Waals surface area contributed by atoms with E-state index in [0.29, 0.717) is 34.4 Å². The van der Waals surface area contributed by atoms with E-state index in [1.165, 1.54) is 7.11 Å². The molecule has 10 heteroatoms. The number of carbonyl (C=O) groups excluding carboxylic acids is 1. The molecule has 1 amide bonds. The Morgan fingerprint density at radius 2 is 1.82 bits per heavy atom. The fourth-order valence-corrected chi connectivity index (χ4v) is 5.16. The van der Waals surface area contributed by atoms with Gasteiger partial charge in [-0.3, -0.25) is 9.69 Å². The zero-order chi connectivity index (χ0) is 23.4. The van der Waals surface area contributed by atoms with Crippen LogP contribution < -0.4 is 24.4 Å². The van der Waals surface area contributed by atoms with Crippen LogP contribution in [0.3, 0.4) is 0 Å². The minimum absolute atomic E-state index is 0.175. The highest BCUT2D eigenvalue weighted by atomic mass is 35.5. The molecule has 8 nitrogen and oxygen atoms in total. The minimum atomic E-state index is -0.175. The Kier molecular flexibility index (Phi) is 7.42. The van der Waals surface area contributed by atoms with Crippen molar-refractivity contribution in [1.29, 1.82) is 0 Å². The third-order valence-electron chi connectivity index (χ3n) is 5.66. The van der Waals surface area contributed by atoms with Gasteiger partial charge < -0.3 is 24.4 Å². The predicted octanol–water partition coefficient (Wildman–Crippen LogP) is 3.53. The first-order chi connectivity index (χ1) is 16.0. The molecule has 1 fully saturated rings. The van der Waals surface area contributed by atoms with Gasteiger partial charge in [0.15, 0.2) is 22.4 Å². The summed E-state index contributed by atoms with van der Waals surface area (Å²) in [4.78, 5) is 22.0. The van der Waals surface area contributed by atoms with Crippen LogP contribution in [0.2, 0.25) is 5.02 Å². The Labute approximate surface area is 202 Å². The number of carbonyl (C=O) groups is 1. The van der Waals surface area contributed by atoms with Gasteiger partial charge in [-0.25, -0.2) is 4.98 Å². The number of piperazine rings is 1. The molecule has 0 bridgehead atoms. The zero-order valence-corrected chi connectivity index (χ0v) is 20.5. The number of ether oxygens (including phenoxy) is 3. The lowest BCUT2D eigenvalue weighted by Crippen LogP contribution is -2.48. The van der Waals surface area contributed by atoms with E-state index in [9.17, 15) is 4.79 Å². The standard InChI is InChI=1S/C23H27ClN4O4S/c1-30-17-6-4-5-15(20(17)31-2)22(29)25-9-10-27-11-13-28(14-12-27)23-26-19-18(33-23)8-7-16(24)21(19)32-3/h4-8H,9-14H2,1-3H3,(H,25,29). The fraction of sp³-hybridized carbons (Fsp3) is 0.391. The Bertz CT molecular complexity index is 1130. The number of rotatable bonds is 8. The molecule has 0 atom stereocenters. The van der Waals surface area contributed by atoms with Gasteiger partial charge in [0.25, 0.3) is 5.91 Å². The fourth-order valence-electron chi connectivity index (χ4n) is 3.91. The topological polar surface area (TPSA) is 76.2 Å². The van der Waals surface area contributed by atoms with Crippen LogP contribution >= 0.6 is 22.9 Å². The second-order valence-corrected chi connectivity index (χ2v) is 8.97. The average molecular weight is 491 g/mol. The molecule has 0 saturated carbocycles. The van der Waals surface area contributed by atoms with E-state index in [2.05, 4.69) is 15.1 Å². The Hall–Kier alpha value is -2.75. The zero-order valence-electron chi connectivity index (χ0n) is 18.9. The molecule has 176 valence electrons. The van der Waals surface area contributed by atoms with Gasteiger partial charge in [0.1, 0.15) is 5.52 Å². The van der Waals surface area contributed by atoms with Gasteiger partial charge in [-0.05, 0) is 24.3 Å². The molecule has 1 aliphatic rings. The van der Waals surface area contributed by atoms with Crippen LogP contribution in [-0.4, -0.2) is 76.4 Å². The number of amides is 1. The largest absolute Gasteiger partial charge is 0.493 e. The van der Waals surface area contributed by atoms with E-state index in [1.54, 1.807) is 43.8 Å². The first-order valence-corrected chi connectivity index (χ1v) is 11.8. The summed E-state index contributed by atoms with van der Waals surface area (Å²) in [6.07, 6.45) is 0. The summed E-state index contributed by atoms with van der Waals surface area (Å²) >= 11 is 7.88. The van der Waals surface area contributed by atoms with Crippen LogP contribution in [0.4, 0.5) is 5.13 Å². The van der Waals surface area contributed by atoms with Gasteiger partial charge >= 0.3 is 0 Å². The smallest absolute Gasteiger partial charge is 0.255 e. The van der Waals surface area contributed by atoms with Crippen molar-refractivity contribution in [2.45, 2.75) is 0 Å². The molecule has 0 unspecified atom stereocenters. The minimum Gasteiger partial charge on any atom is -0.493 e. The number of nitrogens with zero attached hydrogens (tertiary/aromatic N) is 3. The van der Waals surface area contributed by atoms with E-state index < -0.39 is 0 Å². The van der Waals surface area contributed by atoms with Gasteiger partial charge in [-0.1, -0.05) is 29.0 Å². The number of para-hydroxylation sites is 1. The van der Waals surface area contributed by atoms with Crippen LogP contribution in [-0.2, 0) is 0 Å². The quantitative estimate of drug-likeness (QED) is 0.517. The summed E-state index contributed by atoms with van der Waals surface area (Å²) in [5.41, 5.74) is 1.27. The number of methoxy groups -OCH3 is 3. The molecule has 4 rings (SSSR count). The van der Waals surface area contributed by atoms with Gasteiger partial charge in [0.05, 0.1) is 36.6 Å². The highest BCUT2D eigenvalue weighted by Gasteiger charge is 2.22. The highest BCUT2D eigenvalue weighted by molar-refractivity contribution is 7.22. The number of anilines is 1. The summed E-state index contributed by atoms with van der Waals surface area (Å²) in [6, 6.07) is 9.11. The highest BCUT2D eigenvalue weighted by Crippen LogP contribution is 2.38. The Morgan fingerprint density at radius 3 is 2.52 bits per heavy atom. The number of benzene rings is 2. The molecule has 2 heterocycles. The number of halogens is 1. The van der Waals surface area contributed by atoms with Crippen molar-refractivity contribution in [1.82, 2.24) is 15.2 Å². The van der Waals surface area contributed by atoms with Crippen LogP contribution in [0.1, 0.15) is 10.4 Å². The van der Waals surface area contributed by atoms with Crippen molar-refractivity contribution in [3.8, 4) is 17.2 Å². The molecule has 0 aliphatic carbocycles. The van der Waals surface area contributed by atoms with Crippen molar-refractivity contribution in [2.24, 2.45) is 0 Å². The maximum atomic E-state index is 12.6. The van der Waals surface area contributed by atoms with E-state index in [4.69, 9.17) is 30.8 Å². The molecular weight excluding hydrogens is 464 g/mol. The monoisotopic (exact) mass is 490 g/mol. The molecule has 1 aromatic heterocycles. The summed E-state index contributed by atoms with van der Waals surface area (Å²) in [5.74, 6) is 1.43. The number of hydrogen-bond acceptors (Lipinski definition) is 8. The molecule has 33 heavy (non-hydrogen) atoms. The van der Waals surface area contributed by atoms with Crippen molar-refractivity contribution in [2.75, 3.05) is 65.5 Å². The molecule has 1 saturated heterocycles. The second-order valence-electron chi connectivity index (χ2n) is 7.55. The molecular formula is C23H27ClN4O4S. The summed E-state index contributed by atoms with van der Waals surface area (Å²) in [7, 11) is 4.70. The predicted molar refractivity (Wildman–Crippen MR) is 132 cm³/mol. The third-order valence-corrected chi connectivity index (χ3v) is 7.04. The maximum absolute atomic E-state index is 12.6. The maximum Gasteiger partial charge on any atom is 0.255 e. The molecule has 0 radical (unpaired) electrons. The first kappa shape index (κ1) is 23.4. The van der Waals surface area contributed by atoms with E-state index in [0.717, 1.165) is 48.1 Å². The van der Waals surface area contributed by atoms with E-state index in [-0.39, 0.29) is 5.91 Å². The van der Waals surface area contributed by atoms with E-state index >= 15 is 0 Å². The SMILES string of the molecule is COc1cccc(C(=O)NCCN2CCN(c3nc4c(OC)c(Cl)ccc4s3)CC2)c1OC. The Morgan fingerprint density at radius 1 is 1.06 bits per heavy atom. The summed E-state index contributed by atoms with van der Waals surface area (Å²) < 4.78 is 17.1. The van der Waals surface area contributed by atoms with Crippen LogP contribution in [0.5, 0.6) is 17.2 Å². The van der Waals surface area contributed by atoms with Gasteiger partial charge in [-0.15, -0.1) is 0 Å². The number of fused-ring (bicyclic) bond motifs is 1. The normalized spacial score (nSPS) is 14.4. The molecule has 1 aliphatic heterocycles. The lowest BCUT2D eigenvalue weighted by Gasteiger charge is -2.34. The number of aromatic nitrogens is 1. The van der Waals surface area contributed by atoms with Gasteiger partial charge in [0, 0.05) is 39.3 Å². The van der Waals surface area contributed by atoms with Crippen LogP contribution in [0, 0.1) is 0 Å². The molecule has 2 aromatic carbocycles. The summed E-state index contributed by atoms with van der Waals surface area (Å²) in [6.45, 7) is 4.85. The lowest BCUT2D eigenvalue weighted by atomic mass is 10.1.